The van der Waals surface area contributed by atoms with Crippen molar-refractivity contribution in [1.82, 2.24) is 15.1 Å². The first-order valence-corrected chi connectivity index (χ1v) is 6.94. The Morgan fingerprint density at radius 1 is 1.50 bits per heavy atom. The second-order valence-electron chi connectivity index (χ2n) is 4.52. The number of urea groups is 1. The van der Waals surface area contributed by atoms with Crippen LogP contribution in [0, 0.1) is 0 Å². The molecule has 2 aromatic heterocycles. The van der Waals surface area contributed by atoms with E-state index in [-0.39, 0.29) is 5.91 Å². The first-order valence-electron chi connectivity index (χ1n) is 6.06. The molecule has 0 aliphatic carbocycles. The number of aromatic nitrogens is 2. The minimum atomic E-state index is -0.487. The summed E-state index contributed by atoms with van der Waals surface area (Å²) >= 11 is 1.54. The molecule has 104 valence electrons. The molecule has 0 saturated carbocycles. The van der Waals surface area contributed by atoms with Crippen LogP contribution in [-0.4, -0.2) is 27.0 Å². The van der Waals surface area contributed by atoms with E-state index >= 15 is 0 Å². The van der Waals surface area contributed by atoms with Gasteiger partial charge in [0.15, 0.2) is 0 Å². The van der Waals surface area contributed by atoms with Crippen molar-refractivity contribution in [3.8, 4) is 0 Å². The van der Waals surface area contributed by atoms with Crippen molar-refractivity contribution in [1.29, 1.82) is 0 Å². The summed E-state index contributed by atoms with van der Waals surface area (Å²) in [5, 5.41) is 11.6. The number of primary amides is 1. The third kappa shape index (κ3) is 2.37. The maximum atomic E-state index is 11.9. The van der Waals surface area contributed by atoms with Gasteiger partial charge in [-0.15, -0.1) is 11.3 Å². The van der Waals surface area contributed by atoms with E-state index in [9.17, 15) is 9.59 Å². The number of anilines is 1. The standard InChI is InChI=1S/C12H13N5O2S/c13-12(19)17-5-8-9(6-17)15-16-11(8)14-10(18)4-7-2-1-3-20-7/h1-3H,4-6H2,(H2,13,19)(H2,14,15,16,18). The number of nitrogens with two attached hydrogens (primary N) is 1. The van der Waals surface area contributed by atoms with E-state index in [4.69, 9.17) is 5.73 Å². The monoisotopic (exact) mass is 291 g/mol. The molecule has 7 nitrogen and oxygen atoms in total. The molecule has 3 heterocycles. The molecule has 0 radical (unpaired) electrons. The minimum absolute atomic E-state index is 0.114. The number of nitrogens with zero attached hydrogens (tertiary/aromatic N) is 2. The van der Waals surface area contributed by atoms with Gasteiger partial charge in [0.25, 0.3) is 0 Å². The van der Waals surface area contributed by atoms with Crippen LogP contribution >= 0.6 is 11.3 Å². The lowest BCUT2D eigenvalue weighted by atomic mass is 10.2. The molecule has 0 spiro atoms. The number of H-pyrrole nitrogens is 1. The normalized spacial score (nSPS) is 13.3. The van der Waals surface area contributed by atoms with E-state index in [2.05, 4.69) is 15.5 Å². The van der Waals surface area contributed by atoms with Gasteiger partial charge < -0.3 is 16.0 Å². The summed E-state index contributed by atoms with van der Waals surface area (Å²) in [4.78, 5) is 25.5. The van der Waals surface area contributed by atoms with Crippen LogP contribution < -0.4 is 11.1 Å². The Hall–Kier alpha value is -2.35. The average molecular weight is 291 g/mol. The van der Waals surface area contributed by atoms with Gasteiger partial charge in [-0.1, -0.05) is 6.07 Å². The highest BCUT2D eigenvalue weighted by Gasteiger charge is 2.27. The quantitative estimate of drug-likeness (QED) is 0.787. The van der Waals surface area contributed by atoms with E-state index in [1.54, 1.807) is 0 Å². The third-order valence-electron chi connectivity index (χ3n) is 3.13. The predicted octanol–water partition coefficient (Wildman–Crippen LogP) is 1.05. The second kappa shape index (κ2) is 4.97. The molecule has 3 rings (SSSR count). The van der Waals surface area contributed by atoms with Gasteiger partial charge in [0.1, 0.15) is 5.82 Å². The van der Waals surface area contributed by atoms with Crippen LogP contribution in [0.3, 0.4) is 0 Å². The molecule has 2 aromatic rings. The number of amides is 3. The largest absolute Gasteiger partial charge is 0.351 e. The first-order chi connectivity index (χ1) is 9.63. The van der Waals surface area contributed by atoms with Gasteiger partial charge in [-0.3, -0.25) is 9.89 Å². The summed E-state index contributed by atoms with van der Waals surface area (Å²) in [6.45, 7) is 0.748. The molecular formula is C12H13N5O2S. The van der Waals surface area contributed by atoms with Crippen molar-refractivity contribution in [3.05, 3.63) is 33.6 Å². The third-order valence-corrected chi connectivity index (χ3v) is 4.01. The van der Waals surface area contributed by atoms with Gasteiger partial charge in [-0.25, -0.2) is 4.79 Å². The fourth-order valence-electron chi connectivity index (χ4n) is 2.15. The smallest absolute Gasteiger partial charge is 0.315 e. The maximum Gasteiger partial charge on any atom is 0.315 e. The highest BCUT2D eigenvalue weighted by Crippen LogP contribution is 2.26. The molecule has 1 aliphatic heterocycles. The Balaban J connectivity index is 1.68. The van der Waals surface area contributed by atoms with Crippen LogP contribution in [0.2, 0.25) is 0 Å². The average Bonchev–Trinajstić information content (AvgIpc) is 3.07. The predicted molar refractivity (Wildman–Crippen MR) is 74.1 cm³/mol. The lowest BCUT2D eigenvalue weighted by molar-refractivity contribution is -0.115. The Labute approximate surface area is 118 Å². The number of fused-ring (bicyclic) bond motifs is 1. The molecule has 4 N–H and O–H groups in total. The summed E-state index contributed by atoms with van der Waals surface area (Å²) in [6, 6.07) is 3.33. The van der Waals surface area contributed by atoms with Gasteiger partial charge in [-0.05, 0) is 11.4 Å². The molecular weight excluding hydrogens is 278 g/mol. The molecule has 0 fully saturated rings. The summed E-state index contributed by atoms with van der Waals surface area (Å²) in [7, 11) is 0. The van der Waals surface area contributed by atoms with E-state index in [0.717, 1.165) is 16.1 Å². The van der Waals surface area contributed by atoms with Crippen molar-refractivity contribution in [3.63, 3.8) is 0 Å². The molecule has 20 heavy (non-hydrogen) atoms. The van der Waals surface area contributed by atoms with Gasteiger partial charge in [0, 0.05) is 10.4 Å². The SMILES string of the molecule is NC(=O)N1Cc2n[nH]c(NC(=O)Cc3cccs3)c2C1. The van der Waals surface area contributed by atoms with Crippen LogP contribution in [0.5, 0.6) is 0 Å². The lowest BCUT2D eigenvalue weighted by Crippen LogP contribution is -2.31. The molecule has 8 heteroatoms. The van der Waals surface area contributed by atoms with Gasteiger partial charge in [-0.2, -0.15) is 5.10 Å². The van der Waals surface area contributed by atoms with Crippen LogP contribution in [-0.2, 0) is 24.3 Å². The molecule has 0 bridgehead atoms. The van der Waals surface area contributed by atoms with E-state index < -0.39 is 6.03 Å². The van der Waals surface area contributed by atoms with Gasteiger partial charge in [0.05, 0.1) is 25.2 Å². The summed E-state index contributed by atoms with van der Waals surface area (Å²) in [5.74, 6) is 0.432. The summed E-state index contributed by atoms with van der Waals surface area (Å²) in [5.41, 5.74) is 6.81. The zero-order valence-corrected chi connectivity index (χ0v) is 11.4. The first kappa shape index (κ1) is 12.7. The van der Waals surface area contributed by atoms with Gasteiger partial charge in [0.2, 0.25) is 5.91 Å². The van der Waals surface area contributed by atoms with Crippen LogP contribution in [0.1, 0.15) is 16.1 Å². The number of rotatable bonds is 3. The zero-order chi connectivity index (χ0) is 14.1. The molecule has 3 amide bonds. The fraction of sp³-hybridized carbons (Fsp3) is 0.250. The Morgan fingerprint density at radius 2 is 2.35 bits per heavy atom. The number of nitrogens with one attached hydrogen (secondary N) is 2. The maximum absolute atomic E-state index is 11.9. The van der Waals surface area contributed by atoms with Gasteiger partial charge >= 0.3 is 6.03 Å². The number of hydrogen-bond acceptors (Lipinski definition) is 4. The van der Waals surface area contributed by atoms with E-state index in [1.165, 1.54) is 16.2 Å². The number of aromatic amines is 1. The van der Waals surface area contributed by atoms with Crippen molar-refractivity contribution in [2.75, 3.05) is 5.32 Å². The second-order valence-corrected chi connectivity index (χ2v) is 5.55. The topological polar surface area (TPSA) is 104 Å². The highest BCUT2D eigenvalue weighted by molar-refractivity contribution is 7.10. The number of carbonyl (C=O) groups is 2. The highest BCUT2D eigenvalue weighted by atomic mass is 32.1. The number of thiophene rings is 1. The minimum Gasteiger partial charge on any atom is -0.351 e. The van der Waals surface area contributed by atoms with E-state index in [1.807, 2.05) is 17.5 Å². The van der Waals surface area contributed by atoms with Crippen molar-refractivity contribution < 1.29 is 9.59 Å². The molecule has 0 atom stereocenters. The Kier molecular flexibility index (Phi) is 3.15. The Morgan fingerprint density at radius 3 is 3.05 bits per heavy atom. The zero-order valence-electron chi connectivity index (χ0n) is 10.5. The number of carbonyl (C=O) groups excluding carboxylic acids is 2. The van der Waals surface area contributed by atoms with Crippen molar-refractivity contribution in [2.24, 2.45) is 5.73 Å². The Bertz CT molecular complexity index is 649. The lowest BCUT2D eigenvalue weighted by Gasteiger charge is -2.11. The van der Waals surface area contributed by atoms with Crippen LogP contribution in [0.25, 0.3) is 0 Å². The van der Waals surface area contributed by atoms with Crippen LogP contribution in [0.4, 0.5) is 10.6 Å². The summed E-state index contributed by atoms with van der Waals surface area (Å²) < 4.78 is 0. The molecule has 0 aromatic carbocycles. The molecule has 0 unspecified atom stereocenters. The van der Waals surface area contributed by atoms with Crippen LogP contribution in [0.15, 0.2) is 17.5 Å². The fourth-order valence-corrected chi connectivity index (χ4v) is 2.85. The molecule has 1 aliphatic rings. The molecule has 0 saturated heterocycles. The number of hydrogen-bond donors (Lipinski definition) is 3. The van der Waals surface area contributed by atoms with Crippen molar-refractivity contribution in [2.45, 2.75) is 19.5 Å². The van der Waals surface area contributed by atoms with E-state index in [0.29, 0.717) is 25.3 Å². The van der Waals surface area contributed by atoms with Crippen molar-refractivity contribution >= 4 is 29.1 Å². The summed E-state index contributed by atoms with van der Waals surface area (Å²) in [6.07, 6.45) is 0.324.